The Bertz CT molecular complexity index is 644. The molecule has 2 N–H and O–H groups in total. The summed E-state index contributed by atoms with van der Waals surface area (Å²) in [6.07, 6.45) is 3.41. The second-order valence-corrected chi connectivity index (χ2v) is 5.48. The average Bonchev–Trinajstić information content (AvgIpc) is 2.87. The van der Waals surface area contributed by atoms with Crippen LogP contribution in [-0.2, 0) is 18.4 Å². The van der Waals surface area contributed by atoms with E-state index in [1.54, 1.807) is 37.2 Å². The van der Waals surface area contributed by atoms with Gasteiger partial charge in [0.25, 0.3) is 0 Å². The number of halogens is 2. The van der Waals surface area contributed by atoms with E-state index in [9.17, 15) is 9.18 Å². The zero-order chi connectivity index (χ0) is 15.4. The number of likely N-dealkylation sites (N-methyl/N-ethyl adjacent to an activating group) is 1. The highest BCUT2D eigenvalue weighted by Crippen LogP contribution is 2.18. The summed E-state index contributed by atoms with van der Waals surface area (Å²) in [5.74, 6) is -0.526. The number of rotatable bonds is 5. The van der Waals surface area contributed by atoms with Crippen molar-refractivity contribution in [2.45, 2.75) is 12.6 Å². The van der Waals surface area contributed by atoms with Crippen LogP contribution in [0.5, 0.6) is 0 Å². The molecule has 0 radical (unpaired) electrons. The summed E-state index contributed by atoms with van der Waals surface area (Å²) in [5, 5.41) is 9.78. The van der Waals surface area contributed by atoms with Crippen LogP contribution in [0.2, 0.25) is 0 Å². The Hall–Kier alpha value is -1.73. The third kappa shape index (κ3) is 3.89. The van der Waals surface area contributed by atoms with Crippen molar-refractivity contribution in [3.8, 4) is 0 Å². The number of carbonyl (C=O) groups is 1. The molecule has 21 heavy (non-hydrogen) atoms. The summed E-state index contributed by atoms with van der Waals surface area (Å²) in [5.41, 5.74) is 1.46. The number of benzene rings is 1. The van der Waals surface area contributed by atoms with E-state index in [4.69, 9.17) is 0 Å². The largest absolute Gasteiger partial charge is 0.350 e. The first-order chi connectivity index (χ1) is 10.0. The first-order valence-electron chi connectivity index (χ1n) is 6.38. The van der Waals surface area contributed by atoms with Crippen molar-refractivity contribution in [2.75, 3.05) is 7.05 Å². The molecule has 1 heterocycles. The Kier molecular flexibility index (Phi) is 5.08. The molecule has 1 amide bonds. The minimum Gasteiger partial charge on any atom is -0.350 e. The molecule has 0 aliphatic heterocycles. The Morgan fingerprint density at radius 1 is 1.52 bits per heavy atom. The summed E-state index contributed by atoms with van der Waals surface area (Å²) < 4.78 is 15.6. The molecule has 7 heteroatoms. The van der Waals surface area contributed by atoms with Gasteiger partial charge in [-0.25, -0.2) is 4.39 Å². The summed E-state index contributed by atoms with van der Waals surface area (Å²) in [7, 11) is 3.49. The lowest BCUT2D eigenvalue weighted by molar-refractivity contribution is -0.123. The van der Waals surface area contributed by atoms with Crippen LogP contribution in [-0.4, -0.2) is 22.7 Å². The molecule has 0 aliphatic carbocycles. The van der Waals surface area contributed by atoms with Crippen molar-refractivity contribution in [3.05, 3.63) is 52.0 Å². The van der Waals surface area contributed by atoms with Crippen LogP contribution in [0, 0.1) is 5.82 Å². The fraction of sp³-hybridized carbons (Fsp3) is 0.286. The molecule has 0 saturated carbocycles. The van der Waals surface area contributed by atoms with Gasteiger partial charge in [-0.15, -0.1) is 0 Å². The van der Waals surface area contributed by atoms with Crippen molar-refractivity contribution in [1.82, 2.24) is 20.4 Å². The van der Waals surface area contributed by atoms with Crippen LogP contribution in [0.15, 0.2) is 35.1 Å². The highest BCUT2D eigenvalue weighted by molar-refractivity contribution is 9.10. The molecule has 0 bridgehead atoms. The Morgan fingerprint density at radius 2 is 2.29 bits per heavy atom. The standard InChI is InChI=1S/C14H16BrFN4O/c1-17-13(10-7-19-20(2)8-10)14(21)18-6-9-5-11(16)3-4-12(9)15/h3-5,7-8,13,17H,6H2,1-2H3,(H,18,21). The molecule has 2 aromatic rings. The van der Waals surface area contributed by atoms with Crippen LogP contribution in [0.25, 0.3) is 0 Å². The van der Waals surface area contributed by atoms with Gasteiger partial charge in [0.2, 0.25) is 5.91 Å². The number of nitrogens with zero attached hydrogens (tertiary/aromatic N) is 2. The molecule has 5 nitrogen and oxygen atoms in total. The molecule has 0 fully saturated rings. The van der Waals surface area contributed by atoms with Crippen molar-refractivity contribution in [2.24, 2.45) is 7.05 Å². The first kappa shape index (κ1) is 15.7. The first-order valence-corrected chi connectivity index (χ1v) is 7.18. The number of aryl methyl sites for hydroxylation is 1. The molecule has 2 rings (SSSR count). The third-order valence-electron chi connectivity index (χ3n) is 3.07. The van der Waals surface area contributed by atoms with Crippen molar-refractivity contribution < 1.29 is 9.18 Å². The van der Waals surface area contributed by atoms with Gasteiger partial charge in [-0.1, -0.05) is 15.9 Å². The van der Waals surface area contributed by atoms with E-state index in [0.29, 0.717) is 5.56 Å². The van der Waals surface area contributed by atoms with Gasteiger partial charge in [0.05, 0.1) is 6.20 Å². The van der Waals surface area contributed by atoms with Crippen LogP contribution >= 0.6 is 15.9 Å². The van der Waals surface area contributed by atoms with Crippen molar-refractivity contribution in [3.63, 3.8) is 0 Å². The Morgan fingerprint density at radius 3 is 2.90 bits per heavy atom. The zero-order valence-electron chi connectivity index (χ0n) is 11.7. The molecule has 1 aromatic heterocycles. The average molecular weight is 355 g/mol. The molecule has 112 valence electrons. The molecule has 0 spiro atoms. The van der Waals surface area contributed by atoms with Crippen molar-refractivity contribution >= 4 is 21.8 Å². The van der Waals surface area contributed by atoms with Gasteiger partial charge >= 0.3 is 0 Å². The van der Waals surface area contributed by atoms with E-state index in [1.165, 1.54) is 12.1 Å². The third-order valence-corrected chi connectivity index (χ3v) is 3.84. The summed E-state index contributed by atoms with van der Waals surface area (Å²) in [4.78, 5) is 12.2. The van der Waals surface area contributed by atoms with Gasteiger partial charge in [0.15, 0.2) is 0 Å². The van der Waals surface area contributed by atoms with Gasteiger partial charge < -0.3 is 10.6 Å². The van der Waals surface area contributed by atoms with E-state index >= 15 is 0 Å². The number of carbonyl (C=O) groups excluding carboxylic acids is 1. The molecule has 1 atom stereocenters. The predicted molar refractivity (Wildman–Crippen MR) is 81.0 cm³/mol. The number of amides is 1. The van der Waals surface area contributed by atoms with E-state index < -0.39 is 6.04 Å². The van der Waals surface area contributed by atoms with Crippen LogP contribution in [0.4, 0.5) is 4.39 Å². The number of nitrogens with one attached hydrogen (secondary N) is 2. The topological polar surface area (TPSA) is 59.0 Å². The van der Waals surface area contributed by atoms with Gasteiger partial charge in [0, 0.05) is 29.8 Å². The highest BCUT2D eigenvalue weighted by Gasteiger charge is 2.20. The lowest BCUT2D eigenvalue weighted by Gasteiger charge is -2.15. The summed E-state index contributed by atoms with van der Waals surface area (Å²) >= 11 is 3.34. The maximum absolute atomic E-state index is 13.2. The minimum absolute atomic E-state index is 0.193. The lowest BCUT2D eigenvalue weighted by atomic mass is 10.1. The number of hydrogen-bond donors (Lipinski definition) is 2. The number of aromatic nitrogens is 2. The smallest absolute Gasteiger partial charge is 0.242 e. The maximum Gasteiger partial charge on any atom is 0.242 e. The summed E-state index contributed by atoms with van der Waals surface area (Å²) in [6, 6.07) is 3.88. The predicted octanol–water partition coefficient (Wildman–Crippen LogP) is 1.90. The van der Waals surface area contributed by atoms with E-state index in [0.717, 1.165) is 10.0 Å². The molecular formula is C14H16BrFN4O. The normalized spacial score (nSPS) is 12.2. The Labute approximate surface area is 130 Å². The van der Waals surface area contributed by atoms with Crippen LogP contribution < -0.4 is 10.6 Å². The van der Waals surface area contributed by atoms with Crippen LogP contribution in [0.1, 0.15) is 17.2 Å². The summed E-state index contributed by atoms with van der Waals surface area (Å²) in [6.45, 7) is 0.246. The fourth-order valence-corrected chi connectivity index (χ4v) is 2.39. The molecular weight excluding hydrogens is 339 g/mol. The molecule has 0 saturated heterocycles. The van der Waals surface area contributed by atoms with E-state index in [1.807, 2.05) is 0 Å². The zero-order valence-corrected chi connectivity index (χ0v) is 13.3. The van der Waals surface area contributed by atoms with Crippen LogP contribution in [0.3, 0.4) is 0 Å². The van der Waals surface area contributed by atoms with Crippen molar-refractivity contribution in [1.29, 1.82) is 0 Å². The maximum atomic E-state index is 13.2. The lowest BCUT2D eigenvalue weighted by Crippen LogP contribution is -2.35. The monoisotopic (exact) mass is 354 g/mol. The highest BCUT2D eigenvalue weighted by atomic mass is 79.9. The second kappa shape index (κ2) is 6.82. The SMILES string of the molecule is CNC(C(=O)NCc1cc(F)ccc1Br)c1cnn(C)c1. The van der Waals surface area contributed by atoms with E-state index in [-0.39, 0.29) is 18.3 Å². The van der Waals surface area contributed by atoms with Gasteiger partial charge in [-0.05, 0) is 30.8 Å². The molecule has 1 aromatic carbocycles. The van der Waals surface area contributed by atoms with E-state index in [2.05, 4.69) is 31.7 Å². The molecule has 1 unspecified atom stereocenters. The molecule has 0 aliphatic rings. The van der Waals surface area contributed by atoms with Gasteiger partial charge in [0.1, 0.15) is 11.9 Å². The quantitative estimate of drug-likeness (QED) is 0.861. The Balaban J connectivity index is 2.04. The second-order valence-electron chi connectivity index (χ2n) is 4.62. The fourth-order valence-electron chi connectivity index (χ4n) is 2.00. The van der Waals surface area contributed by atoms with Gasteiger partial charge in [-0.2, -0.15) is 5.10 Å². The minimum atomic E-state index is -0.494. The number of hydrogen-bond acceptors (Lipinski definition) is 3. The van der Waals surface area contributed by atoms with Gasteiger partial charge in [-0.3, -0.25) is 9.48 Å².